The number of phenols is 1. The summed E-state index contributed by atoms with van der Waals surface area (Å²) >= 11 is 0. The fraction of sp³-hybridized carbons (Fsp3) is 0.273. The normalized spacial score (nSPS) is 14.9. The Kier molecular flexibility index (Phi) is 6.15. The van der Waals surface area contributed by atoms with Crippen molar-refractivity contribution in [1.29, 1.82) is 0 Å². The number of hydrogen-bond acceptors (Lipinski definition) is 6. The number of anilines is 1. The highest BCUT2D eigenvalue weighted by Gasteiger charge is 2.29. The molecule has 0 saturated heterocycles. The molecule has 156 valence electrons. The number of aliphatic carboxylic acids is 1. The molecule has 0 bridgehead atoms. The van der Waals surface area contributed by atoms with Crippen LogP contribution in [-0.2, 0) is 9.59 Å². The first kappa shape index (κ1) is 21.0. The number of rotatable bonds is 7. The van der Waals surface area contributed by atoms with Crippen molar-refractivity contribution in [1.82, 2.24) is 5.01 Å². The Morgan fingerprint density at radius 3 is 2.63 bits per heavy atom. The smallest absolute Gasteiger partial charge is 0.303 e. The predicted octanol–water partition coefficient (Wildman–Crippen LogP) is 3.53. The van der Waals surface area contributed by atoms with Gasteiger partial charge >= 0.3 is 5.97 Å². The fourth-order valence-electron chi connectivity index (χ4n) is 3.10. The quantitative estimate of drug-likeness (QED) is 0.479. The van der Waals surface area contributed by atoms with Crippen LogP contribution >= 0.6 is 0 Å². The van der Waals surface area contributed by atoms with Gasteiger partial charge in [0.25, 0.3) is 5.91 Å². The van der Waals surface area contributed by atoms with E-state index in [0.29, 0.717) is 23.4 Å². The van der Waals surface area contributed by atoms with E-state index in [9.17, 15) is 14.7 Å². The number of aromatic hydroxyl groups is 1. The number of para-hydroxylation sites is 1. The molecule has 1 amide bonds. The highest BCUT2D eigenvalue weighted by molar-refractivity contribution is 6.68. The van der Waals surface area contributed by atoms with E-state index < -0.39 is 11.9 Å². The Morgan fingerprint density at radius 2 is 1.93 bits per heavy atom. The number of carboxylic acid groups (broad SMARTS) is 1. The summed E-state index contributed by atoms with van der Waals surface area (Å²) in [5.74, 6) is -1.30. The Hall–Kier alpha value is -3.68. The van der Waals surface area contributed by atoms with Crippen LogP contribution in [0.15, 0.2) is 46.6 Å². The van der Waals surface area contributed by atoms with E-state index in [0.717, 1.165) is 11.1 Å². The van der Waals surface area contributed by atoms with Crippen molar-refractivity contribution >= 4 is 29.0 Å². The van der Waals surface area contributed by atoms with Crippen LogP contribution in [0.4, 0.5) is 5.69 Å². The number of carboxylic acids is 1. The molecular weight excluding hydrogens is 384 g/mol. The average Bonchev–Trinajstić information content (AvgIpc) is 2.96. The molecule has 0 fully saturated rings. The highest BCUT2D eigenvalue weighted by Crippen LogP contribution is 2.36. The number of nitrogens with zero attached hydrogens (tertiary/aromatic N) is 3. The third-order valence-corrected chi connectivity index (χ3v) is 4.95. The van der Waals surface area contributed by atoms with E-state index in [-0.39, 0.29) is 24.4 Å². The van der Waals surface area contributed by atoms with Gasteiger partial charge in [0.2, 0.25) is 0 Å². The molecule has 30 heavy (non-hydrogen) atoms. The van der Waals surface area contributed by atoms with E-state index in [1.54, 1.807) is 19.1 Å². The Labute approximate surface area is 174 Å². The zero-order valence-corrected chi connectivity index (χ0v) is 17.1. The van der Waals surface area contributed by atoms with Crippen LogP contribution in [0, 0.1) is 13.8 Å². The SMILES string of the molecule is CC1=NN(CCCC(=O)O)C(=O)/C1=N\Nc1cccc(-c2ccc(C)c(C)c2)c1O. The largest absolute Gasteiger partial charge is 0.505 e. The molecule has 2 aromatic carbocycles. The van der Waals surface area contributed by atoms with Gasteiger partial charge in [-0.3, -0.25) is 15.0 Å². The summed E-state index contributed by atoms with van der Waals surface area (Å²) in [5.41, 5.74) is 7.50. The first-order chi connectivity index (χ1) is 14.3. The molecule has 0 spiro atoms. The van der Waals surface area contributed by atoms with Crippen molar-refractivity contribution in [3.63, 3.8) is 0 Å². The lowest BCUT2D eigenvalue weighted by atomic mass is 9.99. The van der Waals surface area contributed by atoms with Gasteiger partial charge in [0.05, 0.1) is 11.4 Å². The minimum atomic E-state index is -0.919. The Morgan fingerprint density at radius 1 is 1.17 bits per heavy atom. The van der Waals surface area contributed by atoms with Gasteiger partial charge in [0.15, 0.2) is 5.71 Å². The Bertz CT molecular complexity index is 1060. The van der Waals surface area contributed by atoms with Gasteiger partial charge in [-0.1, -0.05) is 30.3 Å². The monoisotopic (exact) mass is 408 g/mol. The number of hydrogen-bond donors (Lipinski definition) is 3. The van der Waals surface area contributed by atoms with Gasteiger partial charge < -0.3 is 10.2 Å². The third-order valence-electron chi connectivity index (χ3n) is 4.95. The third kappa shape index (κ3) is 4.48. The topological polar surface area (TPSA) is 115 Å². The summed E-state index contributed by atoms with van der Waals surface area (Å²) in [6.07, 6.45) is 0.263. The summed E-state index contributed by atoms with van der Waals surface area (Å²) in [4.78, 5) is 23.1. The summed E-state index contributed by atoms with van der Waals surface area (Å²) in [6.45, 7) is 5.90. The maximum absolute atomic E-state index is 12.5. The zero-order chi connectivity index (χ0) is 21.8. The lowest BCUT2D eigenvalue weighted by molar-refractivity contribution is -0.137. The van der Waals surface area contributed by atoms with E-state index in [2.05, 4.69) is 15.6 Å². The van der Waals surface area contributed by atoms with Crippen LogP contribution in [0.5, 0.6) is 5.75 Å². The maximum Gasteiger partial charge on any atom is 0.303 e. The van der Waals surface area contributed by atoms with Gasteiger partial charge in [-0.05, 0) is 49.9 Å². The lowest BCUT2D eigenvalue weighted by Crippen LogP contribution is -2.29. The summed E-state index contributed by atoms with van der Waals surface area (Å²) in [5, 5.41) is 28.9. The second-order valence-electron chi connectivity index (χ2n) is 7.18. The molecule has 8 heteroatoms. The number of hydrazone groups is 2. The number of nitrogens with one attached hydrogen (secondary N) is 1. The molecule has 1 heterocycles. The number of carbonyl (C=O) groups excluding carboxylic acids is 1. The van der Waals surface area contributed by atoms with Gasteiger partial charge in [-0.25, -0.2) is 5.01 Å². The van der Waals surface area contributed by atoms with Gasteiger partial charge in [0, 0.05) is 18.5 Å². The zero-order valence-electron chi connectivity index (χ0n) is 17.1. The second kappa shape index (κ2) is 8.77. The first-order valence-electron chi connectivity index (χ1n) is 9.60. The van der Waals surface area contributed by atoms with Crippen molar-refractivity contribution in [3.05, 3.63) is 47.5 Å². The first-order valence-corrected chi connectivity index (χ1v) is 9.60. The van der Waals surface area contributed by atoms with Crippen LogP contribution in [0.1, 0.15) is 30.9 Å². The fourth-order valence-corrected chi connectivity index (χ4v) is 3.10. The van der Waals surface area contributed by atoms with Crippen LogP contribution in [0.25, 0.3) is 11.1 Å². The molecule has 0 aliphatic carbocycles. The van der Waals surface area contributed by atoms with Crippen LogP contribution in [0.3, 0.4) is 0 Å². The number of carbonyl (C=O) groups is 2. The standard InChI is InChI=1S/C22H24N4O4/c1-13-9-10-16(12-14(13)2)17-6-4-7-18(21(17)29)23-24-20-15(3)25-26(22(20)30)11-5-8-19(27)28/h4,6-7,9-10,12,23,29H,5,8,11H2,1-3H3,(H,27,28)/b24-20-. The Balaban J connectivity index is 1.78. The van der Waals surface area contributed by atoms with Gasteiger partial charge in [0.1, 0.15) is 5.75 Å². The molecule has 0 atom stereocenters. The van der Waals surface area contributed by atoms with Crippen molar-refractivity contribution in [2.45, 2.75) is 33.6 Å². The average molecular weight is 408 g/mol. The maximum atomic E-state index is 12.5. The molecule has 3 rings (SSSR count). The van der Waals surface area contributed by atoms with E-state index in [1.807, 2.05) is 38.1 Å². The van der Waals surface area contributed by atoms with Crippen molar-refractivity contribution < 1.29 is 19.8 Å². The number of phenolic OH excluding ortho intramolecular Hbond substituents is 1. The molecule has 8 nitrogen and oxygen atoms in total. The second-order valence-corrected chi connectivity index (χ2v) is 7.18. The number of benzene rings is 2. The van der Waals surface area contributed by atoms with Crippen molar-refractivity contribution in [3.8, 4) is 16.9 Å². The lowest BCUT2D eigenvalue weighted by Gasteiger charge is -2.12. The summed E-state index contributed by atoms with van der Waals surface area (Å²) in [7, 11) is 0. The molecule has 0 unspecified atom stereocenters. The molecular formula is C22H24N4O4. The molecule has 3 N–H and O–H groups in total. The van der Waals surface area contributed by atoms with Crippen LogP contribution in [0.2, 0.25) is 0 Å². The number of aryl methyl sites for hydroxylation is 2. The highest BCUT2D eigenvalue weighted by atomic mass is 16.4. The van der Waals surface area contributed by atoms with E-state index >= 15 is 0 Å². The van der Waals surface area contributed by atoms with Crippen LogP contribution < -0.4 is 5.43 Å². The van der Waals surface area contributed by atoms with E-state index in [1.165, 1.54) is 10.6 Å². The van der Waals surface area contributed by atoms with E-state index in [4.69, 9.17) is 5.11 Å². The van der Waals surface area contributed by atoms with Crippen LogP contribution in [-0.4, -0.2) is 45.1 Å². The summed E-state index contributed by atoms with van der Waals surface area (Å²) < 4.78 is 0. The van der Waals surface area contributed by atoms with Gasteiger partial charge in [-0.15, -0.1) is 0 Å². The molecule has 1 aliphatic heterocycles. The predicted molar refractivity (Wildman–Crippen MR) is 116 cm³/mol. The molecule has 0 saturated carbocycles. The van der Waals surface area contributed by atoms with Crippen molar-refractivity contribution in [2.24, 2.45) is 10.2 Å². The molecule has 0 aromatic heterocycles. The van der Waals surface area contributed by atoms with Gasteiger partial charge in [-0.2, -0.15) is 10.2 Å². The molecule has 0 radical (unpaired) electrons. The molecule has 2 aromatic rings. The number of amides is 1. The molecule has 1 aliphatic rings. The minimum Gasteiger partial charge on any atom is -0.505 e. The van der Waals surface area contributed by atoms with Crippen molar-refractivity contribution in [2.75, 3.05) is 12.0 Å². The summed E-state index contributed by atoms with van der Waals surface area (Å²) in [6, 6.07) is 11.2. The minimum absolute atomic E-state index is 0.0310.